The van der Waals surface area contributed by atoms with Crippen LogP contribution in [0.4, 0.5) is 32.1 Å². The molecule has 2 unspecified atom stereocenters. The second-order valence-electron chi connectivity index (χ2n) is 8.32. The predicted octanol–water partition coefficient (Wildman–Crippen LogP) is 3.95. The summed E-state index contributed by atoms with van der Waals surface area (Å²) in [6.45, 7) is 5.56. The van der Waals surface area contributed by atoms with Crippen LogP contribution in [0.15, 0.2) is 30.3 Å². The molecule has 1 aromatic rings. The van der Waals surface area contributed by atoms with Gasteiger partial charge in [-0.25, -0.2) is 0 Å². The molecule has 0 aromatic heterocycles. The number of rotatable bonds is 17. The number of hydrogen-bond acceptors (Lipinski definition) is 7. The van der Waals surface area contributed by atoms with E-state index in [0.717, 1.165) is 5.56 Å². The maximum Gasteiger partial charge on any atom is 0.306 e. The van der Waals surface area contributed by atoms with E-state index in [-0.39, 0.29) is 42.6 Å². The summed E-state index contributed by atoms with van der Waals surface area (Å²) in [5.74, 6) is -0.993. The number of carbonyl (C=O) groups excluding carboxylic acids is 3. The maximum atomic E-state index is 12.5. The number of hydrogen-bond donors (Lipinski definition) is 4. The van der Waals surface area contributed by atoms with Gasteiger partial charge in [0.05, 0.1) is 6.04 Å². The molecule has 0 bridgehead atoms. The zero-order valence-corrected chi connectivity index (χ0v) is 22.4. The van der Waals surface area contributed by atoms with Gasteiger partial charge < -0.3 is 30.9 Å². The van der Waals surface area contributed by atoms with Gasteiger partial charge in [-0.15, -0.1) is 0 Å². The smallest absolute Gasteiger partial charge is 0.306 e. The Morgan fingerprint density at radius 3 is 2.08 bits per heavy atom. The van der Waals surface area contributed by atoms with E-state index in [0.29, 0.717) is 39.0 Å². The molecule has 236 valence electrons. The minimum Gasteiger partial charge on any atom is -0.461 e. The van der Waals surface area contributed by atoms with E-state index in [1.807, 2.05) is 44.2 Å². The SMILES string of the molecule is CC(C)CC(NC(=O)C(N)CCC(=O)OCc1ccccc1)C(=O)NCCCOCCCO.F.FF.FF.FF. The highest BCUT2D eigenvalue weighted by Gasteiger charge is 2.24. The first-order chi connectivity index (χ1) is 18.8. The van der Waals surface area contributed by atoms with Crippen LogP contribution in [0.2, 0.25) is 0 Å². The third kappa shape index (κ3) is 25.3. The summed E-state index contributed by atoms with van der Waals surface area (Å²) in [7, 11) is 0. The monoisotopic (exact) mass is 599 g/mol. The topological polar surface area (TPSA) is 140 Å². The Balaban J connectivity index is -0.000000863. The maximum absolute atomic E-state index is 12.5. The summed E-state index contributed by atoms with van der Waals surface area (Å²) in [6.07, 6.45) is 1.82. The van der Waals surface area contributed by atoms with E-state index in [4.69, 9.17) is 47.8 Å². The van der Waals surface area contributed by atoms with Gasteiger partial charge in [0, 0.05) is 60.2 Å². The second-order valence-corrected chi connectivity index (χ2v) is 8.32. The van der Waals surface area contributed by atoms with Crippen LogP contribution in [-0.2, 0) is 30.5 Å². The molecular weight excluding hydrogens is 559 g/mol. The van der Waals surface area contributed by atoms with Gasteiger partial charge in [-0.2, -0.15) is 0 Å². The number of aliphatic hydroxyl groups excluding tert-OH is 1. The molecule has 0 heterocycles. The molecule has 2 atom stereocenters. The normalized spacial score (nSPS) is 11.0. The molecule has 1 rings (SSSR count). The summed E-state index contributed by atoms with van der Waals surface area (Å²) in [5.41, 5.74) is 6.83. The van der Waals surface area contributed by atoms with Crippen molar-refractivity contribution in [3.8, 4) is 0 Å². The molecule has 0 fully saturated rings. The Bertz CT molecular complexity index is 725. The van der Waals surface area contributed by atoms with Crippen molar-refractivity contribution in [2.24, 2.45) is 11.7 Å². The van der Waals surface area contributed by atoms with Crippen LogP contribution in [0, 0.1) is 5.92 Å². The third-order valence-electron chi connectivity index (χ3n) is 4.79. The van der Waals surface area contributed by atoms with E-state index in [9.17, 15) is 14.4 Å². The van der Waals surface area contributed by atoms with Crippen LogP contribution < -0.4 is 16.4 Å². The number of nitrogens with two attached hydrogens (primary N) is 1. The van der Waals surface area contributed by atoms with Crippen LogP contribution in [0.1, 0.15) is 51.5 Å². The van der Waals surface area contributed by atoms with Gasteiger partial charge >= 0.3 is 5.97 Å². The van der Waals surface area contributed by atoms with Crippen molar-refractivity contribution < 1.29 is 61.1 Å². The summed E-state index contributed by atoms with van der Waals surface area (Å²) >= 11 is 0. The predicted molar refractivity (Wildman–Crippen MR) is 134 cm³/mol. The number of halogens is 7. The lowest BCUT2D eigenvalue weighted by Gasteiger charge is -2.22. The van der Waals surface area contributed by atoms with Crippen LogP contribution in [0.5, 0.6) is 0 Å². The number of benzene rings is 1. The summed E-state index contributed by atoms with van der Waals surface area (Å²) in [6, 6.07) is 7.69. The van der Waals surface area contributed by atoms with Gasteiger partial charge in [0.15, 0.2) is 0 Å². The molecule has 0 spiro atoms. The number of amides is 2. The number of esters is 1. The Hall–Kier alpha value is -2.98. The highest BCUT2D eigenvalue weighted by Crippen LogP contribution is 2.07. The van der Waals surface area contributed by atoms with Crippen molar-refractivity contribution in [3.05, 3.63) is 35.9 Å². The fourth-order valence-electron chi connectivity index (χ4n) is 2.97. The molecule has 5 N–H and O–H groups in total. The molecule has 40 heavy (non-hydrogen) atoms. The highest BCUT2D eigenvalue weighted by atomic mass is 20.0. The molecule has 9 nitrogen and oxygen atoms in total. The first-order valence-electron chi connectivity index (χ1n) is 12.0. The Labute approximate surface area is 228 Å². The molecule has 2 amide bonds. The standard InChI is InChI=1S/C24H39N3O6.3F2.FH/c1-18(2)16-21(24(31)26-12-6-14-32-15-7-13-28)27-23(30)20(25)10-11-22(29)33-17-19-8-4-3-5-9-19;3*1-2;/h3-5,8-9,18,20-21,28H,6-7,10-17,25H2,1-2H3,(H,26,31)(H,27,30);;;;1H. The largest absolute Gasteiger partial charge is 0.461 e. The Morgan fingerprint density at radius 2 is 1.52 bits per heavy atom. The molecule has 0 saturated carbocycles. The first kappa shape index (κ1) is 44.1. The lowest BCUT2D eigenvalue weighted by atomic mass is 10.0. The van der Waals surface area contributed by atoms with Crippen molar-refractivity contribution in [2.45, 2.75) is 64.6 Å². The number of carbonyl (C=O) groups is 3. The summed E-state index contributed by atoms with van der Waals surface area (Å²) in [5, 5.41) is 14.2. The van der Waals surface area contributed by atoms with Crippen LogP contribution >= 0.6 is 0 Å². The first-order valence-corrected chi connectivity index (χ1v) is 12.0. The van der Waals surface area contributed by atoms with Gasteiger partial charge in [-0.1, -0.05) is 44.2 Å². The van der Waals surface area contributed by atoms with Gasteiger partial charge in [-0.3, -0.25) is 19.1 Å². The average Bonchev–Trinajstić information content (AvgIpc) is 2.97. The lowest BCUT2D eigenvalue weighted by Crippen LogP contribution is -2.52. The number of nitrogens with one attached hydrogen (secondary N) is 2. The van der Waals surface area contributed by atoms with E-state index in [1.165, 1.54) is 0 Å². The van der Waals surface area contributed by atoms with Gasteiger partial charge in [0.1, 0.15) is 12.6 Å². The van der Waals surface area contributed by atoms with E-state index in [2.05, 4.69) is 10.6 Å². The van der Waals surface area contributed by atoms with Crippen molar-refractivity contribution in [1.29, 1.82) is 0 Å². The molecule has 0 aliphatic carbocycles. The van der Waals surface area contributed by atoms with E-state index in [1.54, 1.807) is 0 Å². The Morgan fingerprint density at radius 1 is 0.950 bits per heavy atom. The van der Waals surface area contributed by atoms with E-state index < -0.39 is 24.0 Å². The van der Waals surface area contributed by atoms with Gasteiger partial charge in [-0.05, 0) is 37.2 Å². The highest BCUT2D eigenvalue weighted by molar-refractivity contribution is 5.89. The number of ether oxygens (including phenoxy) is 2. The van der Waals surface area contributed by atoms with Gasteiger partial charge in [0.2, 0.25) is 11.8 Å². The summed E-state index contributed by atoms with van der Waals surface area (Å²) in [4.78, 5) is 37.0. The van der Waals surface area contributed by atoms with Crippen molar-refractivity contribution in [1.82, 2.24) is 10.6 Å². The van der Waals surface area contributed by atoms with Crippen LogP contribution in [0.3, 0.4) is 0 Å². The molecule has 0 aliphatic rings. The van der Waals surface area contributed by atoms with Crippen molar-refractivity contribution in [3.63, 3.8) is 0 Å². The molecule has 1 aromatic carbocycles. The van der Waals surface area contributed by atoms with E-state index >= 15 is 0 Å². The average molecular weight is 600 g/mol. The Kier molecular flexibility index (Phi) is 35.5. The van der Waals surface area contributed by atoms with Crippen molar-refractivity contribution in [2.75, 3.05) is 26.4 Å². The minimum atomic E-state index is -0.920. The molecule has 16 heteroatoms. The lowest BCUT2D eigenvalue weighted by molar-refractivity contribution is -0.145. The van der Waals surface area contributed by atoms with Gasteiger partial charge in [0.25, 0.3) is 0 Å². The zero-order valence-electron chi connectivity index (χ0n) is 22.4. The number of aliphatic hydroxyl groups is 1. The third-order valence-corrected chi connectivity index (χ3v) is 4.79. The molecular formula is C24H40F7N3O6. The molecule has 0 radical (unpaired) electrons. The quantitative estimate of drug-likeness (QED) is 0.121. The minimum absolute atomic E-state index is 0. The summed E-state index contributed by atoms with van der Waals surface area (Å²) < 4.78 is 58.5. The molecule has 0 aliphatic heterocycles. The van der Waals surface area contributed by atoms with Crippen LogP contribution in [-0.4, -0.2) is 61.3 Å². The second kappa shape index (κ2) is 32.2. The van der Waals surface area contributed by atoms with Crippen LogP contribution in [0.25, 0.3) is 0 Å². The fraction of sp³-hybridized carbons (Fsp3) is 0.625. The fourth-order valence-corrected chi connectivity index (χ4v) is 2.97. The zero-order chi connectivity index (χ0) is 30.5. The van der Waals surface area contributed by atoms with Crippen molar-refractivity contribution >= 4 is 17.8 Å². The molecule has 0 saturated heterocycles.